The Balaban J connectivity index is 1.71. The summed E-state index contributed by atoms with van der Waals surface area (Å²) in [5.41, 5.74) is 0.954. The van der Waals surface area contributed by atoms with Gasteiger partial charge in [-0.3, -0.25) is 4.90 Å². The van der Waals surface area contributed by atoms with Crippen molar-refractivity contribution in [3.05, 3.63) is 29.6 Å². The van der Waals surface area contributed by atoms with Crippen molar-refractivity contribution in [1.29, 1.82) is 0 Å². The van der Waals surface area contributed by atoms with Gasteiger partial charge in [0, 0.05) is 30.3 Å². The van der Waals surface area contributed by atoms with Gasteiger partial charge < -0.3 is 10.1 Å². The summed E-state index contributed by atoms with van der Waals surface area (Å²) < 4.78 is 19.2. The average Bonchev–Trinajstić information content (AvgIpc) is 3.29. The first kappa shape index (κ1) is 14.8. The normalized spacial score (nSPS) is 27.4. The second-order valence-electron chi connectivity index (χ2n) is 6.64. The Bertz CT molecular complexity index is 504. The van der Waals surface area contributed by atoms with Crippen LogP contribution in [-0.4, -0.2) is 37.2 Å². The highest BCUT2D eigenvalue weighted by Gasteiger charge is 2.42. The zero-order valence-corrected chi connectivity index (χ0v) is 13.0. The van der Waals surface area contributed by atoms with Crippen LogP contribution in [0.4, 0.5) is 4.39 Å². The molecule has 1 aliphatic heterocycles. The van der Waals surface area contributed by atoms with Crippen molar-refractivity contribution in [1.82, 2.24) is 10.2 Å². The lowest BCUT2D eigenvalue weighted by molar-refractivity contribution is 0.193. The van der Waals surface area contributed by atoms with Crippen LogP contribution in [0, 0.1) is 11.7 Å². The zero-order valence-electron chi connectivity index (χ0n) is 13.0. The molecule has 1 N–H and O–H groups in total. The molecule has 1 unspecified atom stereocenters. The minimum Gasteiger partial charge on any atom is -0.497 e. The molecule has 3 nitrogen and oxygen atoms in total. The van der Waals surface area contributed by atoms with Crippen LogP contribution in [0.2, 0.25) is 0 Å². The van der Waals surface area contributed by atoms with E-state index < -0.39 is 0 Å². The molecular weight excluding hydrogens is 267 g/mol. The monoisotopic (exact) mass is 292 g/mol. The Morgan fingerprint density at radius 2 is 2.24 bits per heavy atom. The van der Waals surface area contributed by atoms with Gasteiger partial charge in [0.25, 0.3) is 0 Å². The topological polar surface area (TPSA) is 24.5 Å². The van der Waals surface area contributed by atoms with E-state index in [0.717, 1.165) is 37.5 Å². The molecule has 1 aromatic carbocycles. The van der Waals surface area contributed by atoms with E-state index in [1.807, 2.05) is 12.1 Å². The van der Waals surface area contributed by atoms with Crippen molar-refractivity contribution in [3.8, 4) is 5.75 Å². The van der Waals surface area contributed by atoms with Gasteiger partial charge in [-0.05, 0) is 51.3 Å². The number of benzene rings is 1. The van der Waals surface area contributed by atoms with Crippen LogP contribution >= 0.6 is 0 Å². The molecule has 1 aromatic rings. The Morgan fingerprint density at radius 3 is 2.90 bits per heavy atom. The fraction of sp³-hybridized carbons (Fsp3) is 0.647. The fourth-order valence-corrected chi connectivity index (χ4v) is 3.43. The minimum absolute atomic E-state index is 0.167. The van der Waals surface area contributed by atoms with E-state index in [1.54, 1.807) is 7.11 Å². The molecular formula is C17H25FN2O. The van der Waals surface area contributed by atoms with Crippen molar-refractivity contribution in [2.45, 2.75) is 38.3 Å². The van der Waals surface area contributed by atoms with E-state index in [-0.39, 0.29) is 11.4 Å². The van der Waals surface area contributed by atoms with Crippen LogP contribution in [-0.2, 0) is 6.54 Å². The number of halogens is 1. The highest BCUT2D eigenvalue weighted by atomic mass is 19.1. The van der Waals surface area contributed by atoms with Gasteiger partial charge in [-0.15, -0.1) is 0 Å². The van der Waals surface area contributed by atoms with E-state index >= 15 is 0 Å². The Kier molecular flexibility index (Phi) is 4.18. The third-order valence-corrected chi connectivity index (χ3v) is 4.86. The molecule has 0 spiro atoms. The highest BCUT2D eigenvalue weighted by Crippen LogP contribution is 2.40. The second-order valence-corrected chi connectivity index (χ2v) is 6.64. The molecule has 2 fully saturated rings. The van der Waals surface area contributed by atoms with Crippen LogP contribution in [0.25, 0.3) is 0 Å². The van der Waals surface area contributed by atoms with Gasteiger partial charge >= 0.3 is 0 Å². The van der Waals surface area contributed by atoms with Gasteiger partial charge in [0.2, 0.25) is 0 Å². The number of rotatable bonds is 4. The van der Waals surface area contributed by atoms with Crippen molar-refractivity contribution >= 4 is 0 Å². The summed E-state index contributed by atoms with van der Waals surface area (Å²) in [4.78, 5) is 2.39. The molecule has 1 aliphatic carbocycles. The van der Waals surface area contributed by atoms with Crippen LogP contribution in [0.3, 0.4) is 0 Å². The number of methoxy groups -OCH3 is 1. The number of hydrogen-bond acceptors (Lipinski definition) is 3. The fourth-order valence-electron chi connectivity index (χ4n) is 3.43. The van der Waals surface area contributed by atoms with Gasteiger partial charge in [0.05, 0.1) is 7.11 Å². The van der Waals surface area contributed by atoms with Gasteiger partial charge in [-0.2, -0.15) is 0 Å². The summed E-state index contributed by atoms with van der Waals surface area (Å²) in [5.74, 6) is 1.20. The summed E-state index contributed by atoms with van der Waals surface area (Å²) in [5, 5.41) is 3.71. The number of hydrogen-bond donors (Lipinski definition) is 1. The third kappa shape index (κ3) is 3.38. The lowest BCUT2D eigenvalue weighted by Gasteiger charge is -2.34. The van der Waals surface area contributed by atoms with Crippen molar-refractivity contribution < 1.29 is 9.13 Å². The predicted octanol–water partition coefficient (Wildman–Crippen LogP) is 2.80. The van der Waals surface area contributed by atoms with Gasteiger partial charge in [0.1, 0.15) is 11.6 Å². The summed E-state index contributed by atoms with van der Waals surface area (Å²) >= 11 is 0. The lowest BCUT2D eigenvalue weighted by Crippen LogP contribution is -2.50. The van der Waals surface area contributed by atoms with Crippen molar-refractivity contribution in [3.63, 3.8) is 0 Å². The van der Waals surface area contributed by atoms with E-state index in [0.29, 0.717) is 12.3 Å². The summed E-state index contributed by atoms with van der Waals surface area (Å²) in [6.45, 7) is 6.10. The van der Waals surface area contributed by atoms with Gasteiger partial charge in [0.15, 0.2) is 0 Å². The smallest absolute Gasteiger partial charge is 0.131 e. The van der Waals surface area contributed by atoms with E-state index in [1.165, 1.54) is 18.9 Å². The molecule has 0 aromatic heterocycles. The molecule has 21 heavy (non-hydrogen) atoms. The van der Waals surface area contributed by atoms with Crippen LogP contribution in [0.15, 0.2) is 18.2 Å². The largest absolute Gasteiger partial charge is 0.497 e. The standard InChI is InChI=1S/C17H25FN2O/c1-17(14-5-6-14)12-20(9-3-8-19-17)11-13-4-7-15(21-2)10-16(13)18/h4,7,10,14,19H,3,5-6,8-9,11-12H2,1-2H3. The molecule has 0 amide bonds. The highest BCUT2D eigenvalue weighted by molar-refractivity contribution is 5.29. The first-order valence-electron chi connectivity index (χ1n) is 7.90. The van der Waals surface area contributed by atoms with E-state index in [4.69, 9.17) is 4.74 Å². The maximum atomic E-state index is 14.1. The van der Waals surface area contributed by atoms with Crippen LogP contribution < -0.4 is 10.1 Å². The first-order chi connectivity index (χ1) is 10.1. The van der Waals surface area contributed by atoms with Gasteiger partial charge in [-0.1, -0.05) is 6.07 Å². The molecule has 1 saturated heterocycles. The van der Waals surface area contributed by atoms with Crippen molar-refractivity contribution in [2.24, 2.45) is 5.92 Å². The van der Waals surface area contributed by atoms with Gasteiger partial charge in [-0.25, -0.2) is 4.39 Å². The lowest BCUT2D eigenvalue weighted by atomic mass is 9.95. The molecule has 0 radical (unpaired) electrons. The molecule has 1 atom stereocenters. The van der Waals surface area contributed by atoms with E-state index in [2.05, 4.69) is 17.1 Å². The number of ether oxygens (including phenoxy) is 1. The minimum atomic E-state index is -0.167. The molecule has 0 bridgehead atoms. The first-order valence-corrected chi connectivity index (χ1v) is 7.90. The molecule has 1 saturated carbocycles. The predicted molar refractivity (Wildman–Crippen MR) is 82.0 cm³/mol. The Labute approximate surface area is 126 Å². The maximum Gasteiger partial charge on any atom is 0.131 e. The zero-order chi connectivity index (χ0) is 14.9. The van der Waals surface area contributed by atoms with Crippen LogP contribution in [0.1, 0.15) is 31.7 Å². The molecule has 4 heteroatoms. The van der Waals surface area contributed by atoms with Crippen molar-refractivity contribution in [2.75, 3.05) is 26.7 Å². The number of nitrogens with one attached hydrogen (secondary N) is 1. The quantitative estimate of drug-likeness (QED) is 0.923. The Hall–Kier alpha value is -1.13. The summed E-state index contributed by atoms with van der Waals surface area (Å²) in [6.07, 6.45) is 3.78. The van der Waals surface area contributed by atoms with E-state index in [9.17, 15) is 4.39 Å². The molecule has 116 valence electrons. The average molecular weight is 292 g/mol. The maximum absolute atomic E-state index is 14.1. The molecule has 3 rings (SSSR count). The third-order valence-electron chi connectivity index (χ3n) is 4.86. The summed E-state index contributed by atoms with van der Waals surface area (Å²) in [7, 11) is 1.57. The second kappa shape index (κ2) is 5.93. The summed E-state index contributed by atoms with van der Waals surface area (Å²) in [6, 6.07) is 5.17. The molecule has 2 aliphatic rings. The SMILES string of the molecule is COc1ccc(CN2CCCNC(C)(C3CC3)C2)c(F)c1. The Morgan fingerprint density at radius 1 is 1.43 bits per heavy atom. The molecule has 1 heterocycles. The number of nitrogens with zero attached hydrogens (tertiary/aromatic N) is 1. The van der Waals surface area contributed by atoms with Crippen LogP contribution in [0.5, 0.6) is 5.75 Å².